The van der Waals surface area contributed by atoms with Crippen molar-refractivity contribution in [2.45, 2.75) is 51.1 Å². The summed E-state index contributed by atoms with van der Waals surface area (Å²) in [5.41, 5.74) is 1.30. The normalized spacial score (nSPS) is 28.1. The Morgan fingerprint density at radius 3 is 2.79 bits per heavy atom. The Morgan fingerprint density at radius 2 is 1.95 bits per heavy atom. The monoisotopic (exact) mass is 323 g/mol. The molecular formula is C16H22BrNO. The number of phenolic OH excluding ortho intramolecular Hbond substituents is 1. The fraction of sp³-hybridized carbons (Fsp3) is 0.625. The lowest BCUT2D eigenvalue weighted by Crippen LogP contribution is -2.46. The third-order valence-corrected chi connectivity index (χ3v) is 5.39. The molecule has 1 N–H and O–H groups in total. The number of benzene rings is 1. The van der Waals surface area contributed by atoms with Crippen LogP contribution in [0.15, 0.2) is 22.7 Å². The van der Waals surface area contributed by atoms with Crippen LogP contribution in [0.25, 0.3) is 0 Å². The van der Waals surface area contributed by atoms with Gasteiger partial charge in [-0.2, -0.15) is 0 Å². The number of hydrogen-bond donors (Lipinski definition) is 1. The van der Waals surface area contributed by atoms with Gasteiger partial charge in [0.2, 0.25) is 0 Å². The van der Waals surface area contributed by atoms with E-state index in [9.17, 15) is 5.11 Å². The molecule has 2 unspecified atom stereocenters. The number of piperidine rings is 1. The van der Waals surface area contributed by atoms with Gasteiger partial charge in [-0.3, -0.25) is 4.90 Å². The number of hydrogen-bond acceptors (Lipinski definition) is 2. The number of likely N-dealkylation sites (tertiary alicyclic amines) is 1. The fourth-order valence-electron chi connectivity index (χ4n) is 3.81. The Kier molecular flexibility index (Phi) is 4.13. The first-order valence-corrected chi connectivity index (χ1v) is 8.25. The molecule has 3 heteroatoms. The van der Waals surface area contributed by atoms with Crippen molar-refractivity contribution in [3.8, 4) is 5.75 Å². The summed E-state index contributed by atoms with van der Waals surface area (Å²) in [7, 11) is 0. The zero-order chi connectivity index (χ0) is 13.2. The molecule has 104 valence electrons. The van der Waals surface area contributed by atoms with Gasteiger partial charge in [-0.1, -0.05) is 18.9 Å². The summed E-state index contributed by atoms with van der Waals surface area (Å²) in [5.74, 6) is 1.26. The molecule has 2 fully saturated rings. The molecule has 19 heavy (non-hydrogen) atoms. The van der Waals surface area contributed by atoms with Gasteiger partial charge in [-0.15, -0.1) is 0 Å². The molecule has 1 aromatic carbocycles. The SMILES string of the molecule is Oc1ccc(CN2CCCC3CCCCC32)cc1Br. The van der Waals surface area contributed by atoms with Crippen molar-refractivity contribution in [3.05, 3.63) is 28.2 Å². The first kappa shape index (κ1) is 13.4. The zero-order valence-electron chi connectivity index (χ0n) is 11.3. The number of aromatic hydroxyl groups is 1. The summed E-state index contributed by atoms with van der Waals surface area (Å²) in [4.78, 5) is 2.67. The number of phenols is 1. The minimum absolute atomic E-state index is 0.331. The molecule has 1 heterocycles. The molecule has 3 rings (SSSR count). The molecule has 1 aliphatic heterocycles. The average Bonchev–Trinajstić information content (AvgIpc) is 2.43. The zero-order valence-corrected chi connectivity index (χ0v) is 12.9. The Bertz CT molecular complexity index is 446. The average molecular weight is 324 g/mol. The van der Waals surface area contributed by atoms with Crippen LogP contribution in [0, 0.1) is 5.92 Å². The minimum Gasteiger partial charge on any atom is -0.507 e. The van der Waals surface area contributed by atoms with Crippen molar-refractivity contribution in [1.82, 2.24) is 4.90 Å². The van der Waals surface area contributed by atoms with Gasteiger partial charge in [-0.25, -0.2) is 0 Å². The van der Waals surface area contributed by atoms with E-state index in [2.05, 4.69) is 26.9 Å². The predicted molar refractivity (Wildman–Crippen MR) is 81.2 cm³/mol. The van der Waals surface area contributed by atoms with E-state index in [1.54, 1.807) is 6.07 Å². The highest BCUT2D eigenvalue weighted by molar-refractivity contribution is 9.10. The molecule has 0 aromatic heterocycles. The summed E-state index contributed by atoms with van der Waals surface area (Å²) in [5, 5.41) is 9.58. The third kappa shape index (κ3) is 2.97. The molecule has 1 aromatic rings. The molecule has 0 radical (unpaired) electrons. The maximum Gasteiger partial charge on any atom is 0.129 e. The molecule has 1 saturated heterocycles. The van der Waals surface area contributed by atoms with Crippen molar-refractivity contribution in [1.29, 1.82) is 0 Å². The summed E-state index contributed by atoms with van der Waals surface area (Å²) in [6.07, 6.45) is 8.42. The highest BCUT2D eigenvalue weighted by Crippen LogP contribution is 2.36. The van der Waals surface area contributed by atoms with Crippen molar-refractivity contribution < 1.29 is 5.11 Å². The number of halogens is 1. The van der Waals surface area contributed by atoms with E-state index in [-0.39, 0.29) is 0 Å². The molecule has 0 spiro atoms. The molecule has 2 aliphatic rings. The van der Waals surface area contributed by atoms with Gasteiger partial charge in [0.05, 0.1) is 4.47 Å². The second kappa shape index (κ2) is 5.84. The predicted octanol–water partition coefficient (Wildman–Crippen LogP) is 4.31. The molecular weight excluding hydrogens is 302 g/mol. The molecule has 2 atom stereocenters. The van der Waals surface area contributed by atoms with E-state index in [1.807, 2.05) is 6.07 Å². The minimum atomic E-state index is 0.331. The van der Waals surface area contributed by atoms with Gasteiger partial charge < -0.3 is 5.11 Å². The summed E-state index contributed by atoms with van der Waals surface area (Å²) in [6, 6.07) is 6.70. The molecule has 1 saturated carbocycles. The summed E-state index contributed by atoms with van der Waals surface area (Å²) >= 11 is 3.41. The van der Waals surface area contributed by atoms with E-state index in [0.717, 1.165) is 23.0 Å². The molecule has 0 amide bonds. The van der Waals surface area contributed by atoms with Crippen LogP contribution in [0.4, 0.5) is 0 Å². The van der Waals surface area contributed by atoms with Gasteiger partial charge >= 0.3 is 0 Å². The van der Waals surface area contributed by atoms with Gasteiger partial charge in [0.25, 0.3) is 0 Å². The lowest BCUT2D eigenvalue weighted by molar-refractivity contribution is 0.0547. The standard InChI is InChI=1S/C16H22BrNO/c17-14-10-12(7-8-16(14)19)11-18-9-3-5-13-4-1-2-6-15(13)18/h7-8,10,13,15,19H,1-6,9,11H2. The van der Waals surface area contributed by atoms with E-state index in [4.69, 9.17) is 0 Å². The first-order valence-electron chi connectivity index (χ1n) is 7.45. The van der Waals surface area contributed by atoms with Gasteiger partial charge in [0, 0.05) is 12.6 Å². The quantitative estimate of drug-likeness (QED) is 0.876. The van der Waals surface area contributed by atoms with Crippen LogP contribution >= 0.6 is 15.9 Å². The summed E-state index contributed by atoms with van der Waals surface area (Å²) < 4.78 is 0.808. The Labute approximate surface area is 123 Å². The van der Waals surface area contributed by atoms with Crippen LogP contribution in [-0.2, 0) is 6.54 Å². The number of nitrogens with zero attached hydrogens (tertiary/aromatic N) is 1. The van der Waals surface area contributed by atoms with Crippen molar-refractivity contribution in [3.63, 3.8) is 0 Å². The highest BCUT2D eigenvalue weighted by Gasteiger charge is 2.32. The second-order valence-electron chi connectivity index (χ2n) is 6.01. The van der Waals surface area contributed by atoms with E-state index in [1.165, 1.54) is 50.6 Å². The molecule has 2 nitrogen and oxygen atoms in total. The Morgan fingerprint density at radius 1 is 1.16 bits per heavy atom. The third-order valence-electron chi connectivity index (χ3n) is 4.76. The Balaban J connectivity index is 1.72. The lowest BCUT2D eigenvalue weighted by atomic mass is 9.78. The first-order chi connectivity index (χ1) is 9.24. The Hall–Kier alpha value is -0.540. The van der Waals surface area contributed by atoms with Gasteiger partial charge in [-0.05, 0) is 71.8 Å². The maximum absolute atomic E-state index is 9.58. The smallest absolute Gasteiger partial charge is 0.129 e. The van der Waals surface area contributed by atoms with Crippen molar-refractivity contribution in [2.24, 2.45) is 5.92 Å². The van der Waals surface area contributed by atoms with Crippen LogP contribution in [0.5, 0.6) is 5.75 Å². The van der Waals surface area contributed by atoms with E-state index in [0.29, 0.717) is 5.75 Å². The topological polar surface area (TPSA) is 23.5 Å². The number of fused-ring (bicyclic) bond motifs is 1. The van der Waals surface area contributed by atoms with Crippen LogP contribution in [0.2, 0.25) is 0 Å². The van der Waals surface area contributed by atoms with Crippen LogP contribution in [0.3, 0.4) is 0 Å². The van der Waals surface area contributed by atoms with Gasteiger partial charge in [0.15, 0.2) is 0 Å². The van der Waals surface area contributed by atoms with E-state index >= 15 is 0 Å². The van der Waals surface area contributed by atoms with Gasteiger partial charge in [0.1, 0.15) is 5.75 Å². The van der Waals surface area contributed by atoms with Crippen LogP contribution < -0.4 is 0 Å². The highest BCUT2D eigenvalue weighted by atomic mass is 79.9. The largest absolute Gasteiger partial charge is 0.507 e. The van der Waals surface area contributed by atoms with Crippen LogP contribution in [-0.4, -0.2) is 22.6 Å². The maximum atomic E-state index is 9.58. The van der Waals surface area contributed by atoms with Crippen molar-refractivity contribution in [2.75, 3.05) is 6.54 Å². The van der Waals surface area contributed by atoms with Crippen molar-refractivity contribution >= 4 is 15.9 Å². The van der Waals surface area contributed by atoms with E-state index < -0.39 is 0 Å². The number of rotatable bonds is 2. The summed E-state index contributed by atoms with van der Waals surface area (Å²) in [6.45, 7) is 2.26. The van der Waals surface area contributed by atoms with Crippen LogP contribution in [0.1, 0.15) is 44.1 Å². The lowest BCUT2D eigenvalue weighted by Gasteiger charge is -2.44. The fourth-order valence-corrected chi connectivity index (χ4v) is 4.23. The second-order valence-corrected chi connectivity index (χ2v) is 6.86. The molecule has 0 bridgehead atoms. The molecule has 1 aliphatic carbocycles.